The summed E-state index contributed by atoms with van der Waals surface area (Å²) in [6, 6.07) is 0. The molecule has 1 aromatic rings. The maximum absolute atomic E-state index is 12.0. The summed E-state index contributed by atoms with van der Waals surface area (Å²) in [5.41, 5.74) is 0. The van der Waals surface area contributed by atoms with Gasteiger partial charge >= 0.3 is 6.18 Å². The van der Waals surface area contributed by atoms with Crippen LogP contribution in [0.3, 0.4) is 0 Å². The van der Waals surface area contributed by atoms with Gasteiger partial charge in [0.05, 0.1) is 19.2 Å². The average Bonchev–Trinajstić information content (AvgIpc) is 2.82. The maximum Gasteiger partial charge on any atom is 0.390 e. The highest BCUT2D eigenvalue weighted by Gasteiger charge is 2.27. The Morgan fingerprint density at radius 1 is 1.29 bits per heavy atom. The minimum atomic E-state index is -4.39. The lowest BCUT2D eigenvalue weighted by molar-refractivity contribution is -0.132. The van der Waals surface area contributed by atoms with Gasteiger partial charge in [-0.1, -0.05) is 6.92 Å². The number of hydrogen-bond acceptors (Lipinski definition) is 4. The summed E-state index contributed by atoms with van der Waals surface area (Å²) in [5.74, 6) is 0. The van der Waals surface area contributed by atoms with E-state index in [9.17, 15) is 21.6 Å². The van der Waals surface area contributed by atoms with E-state index in [-0.39, 0.29) is 4.90 Å². The van der Waals surface area contributed by atoms with Crippen molar-refractivity contribution in [3.63, 3.8) is 0 Å². The number of sulfonamides is 1. The molecule has 0 aliphatic carbocycles. The molecule has 6 nitrogen and oxygen atoms in total. The second-order valence-corrected chi connectivity index (χ2v) is 6.22. The van der Waals surface area contributed by atoms with Gasteiger partial charge in [-0.05, 0) is 13.0 Å². The van der Waals surface area contributed by atoms with Gasteiger partial charge in [-0.2, -0.15) is 18.3 Å². The van der Waals surface area contributed by atoms with Crippen LogP contribution in [0.4, 0.5) is 13.2 Å². The van der Waals surface area contributed by atoms with Crippen molar-refractivity contribution in [3.05, 3.63) is 12.4 Å². The molecule has 1 aromatic heterocycles. The largest absolute Gasteiger partial charge is 0.390 e. The number of aromatic nitrogens is 2. The van der Waals surface area contributed by atoms with E-state index < -0.39 is 29.2 Å². The van der Waals surface area contributed by atoms with Crippen molar-refractivity contribution in [2.75, 3.05) is 19.6 Å². The number of halogens is 3. The SMILES string of the molecule is CCCNCCn1cc(S(=O)(=O)NCCC(F)(F)F)cn1. The molecule has 0 aromatic carbocycles. The van der Waals surface area contributed by atoms with Crippen LogP contribution in [0.15, 0.2) is 17.3 Å². The molecule has 0 fully saturated rings. The highest BCUT2D eigenvalue weighted by Crippen LogP contribution is 2.18. The third kappa shape index (κ3) is 6.91. The molecule has 0 bridgehead atoms. The van der Waals surface area contributed by atoms with Crippen molar-refractivity contribution in [2.24, 2.45) is 0 Å². The highest BCUT2D eigenvalue weighted by atomic mass is 32.2. The number of alkyl halides is 3. The van der Waals surface area contributed by atoms with Crippen molar-refractivity contribution in [1.82, 2.24) is 19.8 Å². The van der Waals surface area contributed by atoms with Gasteiger partial charge in [-0.15, -0.1) is 0 Å². The Kier molecular flexibility index (Phi) is 6.62. The summed E-state index contributed by atoms with van der Waals surface area (Å²) < 4.78 is 62.8. The fraction of sp³-hybridized carbons (Fsp3) is 0.727. The van der Waals surface area contributed by atoms with Crippen LogP contribution in [0, 0.1) is 0 Å². The lowest BCUT2D eigenvalue weighted by atomic mass is 10.4. The van der Waals surface area contributed by atoms with Gasteiger partial charge in [0, 0.05) is 19.3 Å². The van der Waals surface area contributed by atoms with Gasteiger partial charge in [0.15, 0.2) is 0 Å². The quantitative estimate of drug-likeness (QED) is 0.666. The highest BCUT2D eigenvalue weighted by molar-refractivity contribution is 7.89. The zero-order chi connectivity index (χ0) is 15.9. The molecule has 0 saturated heterocycles. The summed E-state index contributed by atoms with van der Waals surface area (Å²) in [6.07, 6.45) is -2.19. The molecule has 10 heteroatoms. The fourth-order valence-corrected chi connectivity index (χ4v) is 2.50. The predicted molar refractivity (Wildman–Crippen MR) is 71.2 cm³/mol. The minimum absolute atomic E-state index is 0.139. The van der Waals surface area contributed by atoms with Crippen molar-refractivity contribution in [2.45, 2.75) is 37.4 Å². The number of nitrogens with one attached hydrogen (secondary N) is 2. The third-order valence-electron chi connectivity index (χ3n) is 2.56. The molecule has 0 aliphatic heterocycles. The topological polar surface area (TPSA) is 76.0 Å². The zero-order valence-corrected chi connectivity index (χ0v) is 12.5. The Morgan fingerprint density at radius 2 is 2.00 bits per heavy atom. The van der Waals surface area contributed by atoms with Crippen LogP contribution in [0.5, 0.6) is 0 Å². The summed E-state index contributed by atoms with van der Waals surface area (Å²) in [7, 11) is -3.95. The molecule has 0 aliphatic rings. The summed E-state index contributed by atoms with van der Waals surface area (Å²) >= 11 is 0. The Hall–Kier alpha value is -1.13. The van der Waals surface area contributed by atoms with E-state index in [1.807, 2.05) is 11.6 Å². The second-order valence-electron chi connectivity index (χ2n) is 4.45. The second kappa shape index (κ2) is 7.76. The van der Waals surface area contributed by atoms with Crippen molar-refractivity contribution < 1.29 is 21.6 Å². The van der Waals surface area contributed by atoms with Gasteiger partial charge < -0.3 is 5.32 Å². The summed E-state index contributed by atoms with van der Waals surface area (Å²) in [4.78, 5) is -0.139. The smallest absolute Gasteiger partial charge is 0.315 e. The molecule has 122 valence electrons. The molecule has 2 N–H and O–H groups in total. The van der Waals surface area contributed by atoms with Crippen LogP contribution in [0.2, 0.25) is 0 Å². The van der Waals surface area contributed by atoms with E-state index in [1.54, 1.807) is 0 Å². The lowest BCUT2D eigenvalue weighted by Gasteiger charge is -2.07. The first-order valence-electron chi connectivity index (χ1n) is 6.54. The molecular weight excluding hydrogens is 309 g/mol. The third-order valence-corrected chi connectivity index (χ3v) is 3.98. The Balaban J connectivity index is 2.50. The first-order chi connectivity index (χ1) is 9.74. The first-order valence-corrected chi connectivity index (χ1v) is 8.02. The molecule has 0 amide bonds. The van der Waals surface area contributed by atoms with E-state index in [2.05, 4.69) is 10.4 Å². The van der Waals surface area contributed by atoms with E-state index in [1.165, 1.54) is 10.9 Å². The molecule has 0 spiro atoms. The summed E-state index contributed by atoms with van der Waals surface area (Å²) in [5, 5.41) is 7.00. The number of rotatable bonds is 9. The Morgan fingerprint density at radius 3 is 2.62 bits per heavy atom. The van der Waals surface area contributed by atoms with Crippen LogP contribution in [0.1, 0.15) is 19.8 Å². The Bertz CT molecular complexity index is 528. The fourth-order valence-electron chi connectivity index (χ4n) is 1.51. The van der Waals surface area contributed by atoms with Gasteiger partial charge in [0.2, 0.25) is 10.0 Å². The van der Waals surface area contributed by atoms with Crippen LogP contribution < -0.4 is 10.0 Å². The molecule has 1 rings (SSSR count). The average molecular weight is 328 g/mol. The van der Waals surface area contributed by atoms with Crippen LogP contribution in [-0.2, 0) is 16.6 Å². The van der Waals surface area contributed by atoms with E-state index >= 15 is 0 Å². The molecule has 21 heavy (non-hydrogen) atoms. The lowest BCUT2D eigenvalue weighted by Crippen LogP contribution is -2.28. The van der Waals surface area contributed by atoms with Crippen LogP contribution in [0.25, 0.3) is 0 Å². The van der Waals surface area contributed by atoms with E-state index in [0.717, 1.165) is 19.2 Å². The van der Waals surface area contributed by atoms with Crippen LogP contribution >= 0.6 is 0 Å². The van der Waals surface area contributed by atoms with Crippen molar-refractivity contribution >= 4 is 10.0 Å². The minimum Gasteiger partial charge on any atom is -0.315 e. The molecule has 0 unspecified atom stereocenters. The normalized spacial score (nSPS) is 12.8. The van der Waals surface area contributed by atoms with Gasteiger partial charge in [0.1, 0.15) is 4.90 Å². The van der Waals surface area contributed by atoms with Crippen LogP contribution in [-0.4, -0.2) is 44.0 Å². The monoisotopic (exact) mass is 328 g/mol. The van der Waals surface area contributed by atoms with E-state index in [0.29, 0.717) is 13.1 Å². The number of nitrogens with zero attached hydrogens (tertiary/aromatic N) is 2. The molecule has 1 heterocycles. The van der Waals surface area contributed by atoms with Gasteiger partial charge in [-0.25, -0.2) is 13.1 Å². The standard InChI is InChI=1S/C11H19F3N4O2S/c1-2-4-15-6-7-18-9-10(8-16-18)21(19,20)17-5-3-11(12,13)14/h8-9,15,17H,2-7H2,1H3. The molecule has 0 atom stereocenters. The molecule has 0 saturated carbocycles. The molecule has 0 radical (unpaired) electrons. The first kappa shape index (κ1) is 17.9. The van der Waals surface area contributed by atoms with E-state index in [4.69, 9.17) is 0 Å². The zero-order valence-electron chi connectivity index (χ0n) is 11.7. The summed E-state index contributed by atoms with van der Waals surface area (Å²) in [6.45, 7) is 3.31. The molecular formula is C11H19F3N4O2S. The van der Waals surface area contributed by atoms with Crippen molar-refractivity contribution in [1.29, 1.82) is 0 Å². The van der Waals surface area contributed by atoms with Crippen molar-refractivity contribution in [3.8, 4) is 0 Å². The Labute approximate surface area is 121 Å². The van der Waals surface area contributed by atoms with Gasteiger partial charge in [0.25, 0.3) is 0 Å². The van der Waals surface area contributed by atoms with Gasteiger partial charge in [-0.3, -0.25) is 4.68 Å². The maximum atomic E-state index is 12.0. The predicted octanol–water partition coefficient (Wildman–Crippen LogP) is 1.11. The number of hydrogen-bond donors (Lipinski definition) is 2.